The first-order valence-electron chi connectivity index (χ1n) is 4.34. The van der Waals surface area contributed by atoms with Crippen molar-refractivity contribution in [2.24, 2.45) is 5.92 Å². The van der Waals surface area contributed by atoms with Crippen molar-refractivity contribution < 1.29 is 14.7 Å². The van der Waals surface area contributed by atoms with Crippen molar-refractivity contribution in [1.29, 1.82) is 0 Å². The van der Waals surface area contributed by atoms with Crippen molar-refractivity contribution in [3.05, 3.63) is 12.2 Å². The fourth-order valence-electron chi connectivity index (χ4n) is 0.304. The van der Waals surface area contributed by atoms with Crippen LogP contribution in [0.5, 0.6) is 0 Å². The average molecular weight is 186 g/mol. The van der Waals surface area contributed by atoms with Crippen LogP contribution in [0.4, 0.5) is 0 Å². The minimum atomic E-state index is -0.741. The summed E-state index contributed by atoms with van der Waals surface area (Å²) in [6.07, 6.45) is 3.95. The number of carboxylic acid groups (broad SMARTS) is 1. The molecule has 0 aliphatic heterocycles. The van der Waals surface area contributed by atoms with Crippen LogP contribution in [-0.2, 0) is 9.59 Å². The van der Waals surface area contributed by atoms with Crippen LogP contribution in [0, 0.1) is 5.92 Å². The molecule has 0 aliphatic carbocycles. The quantitative estimate of drug-likeness (QED) is 0.688. The Morgan fingerprint density at radius 1 is 1.38 bits per heavy atom. The molecule has 0 heterocycles. The van der Waals surface area contributed by atoms with Gasteiger partial charge in [0.25, 0.3) is 0 Å². The fraction of sp³-hybridized carbons (Fsp3) is 0.600. The molecular formula is C10H18O3. The Hall–Kier alpha value is -1.12. The Balaban J connectivity index is 0. The Morgan fingerprint density at radius 3 is 1.85 bits per heavy atom. The van der Waals surface area contributed by atoms with Gasteiger partial charge < -0.3 is 5.11 Å². The molecule has 0 rings (SSSR count). The van der Waals surface area contributed by atoms with E-state index in [4.69, 9.17) is 5.11 Å². The van der Waals surface area contributed by atoms with Gasteiger partial charge in [0, 0.05) is 6.42 Å². The van der Waals surface area contributed by atoms with Crippen molar-refractivity contribution in [3.8, 4) is 0 Å². The number of hydrogen-bond acceptors (Lipinski definition) is 2. The van der Waals surface area contributed by atoms with Crippen molar-refractivity contribution in [3.63, 3.8) is 0 Å². The maximum absolute atomic E-state index is 10.3. The summed E-state index contributed by atoms with van der Waals surface area (Å²) >= 11 is 0. The summed E-state index contributed by atoms with van der Waals surface area (Å²) in [5.74, 6) is -0.775. The van der Waals surface area contributed by atoms with Gasteiger partial charge in [0.15, 0.2) is 5.78 Å². The van der Waals surface area contributed by atoms with E-state index in [2.05, 4.69) is 0 Å². The minimum Gasteiger partial charge on any atom is -0.481 e. The van der Waals surface area contributed by atoms with Gasteiger partial charge >= 0.3 is 5.97 Å². The molecule has 0 amide bonds. The Bertz CT molecular complexity index is 181. The number of carbonyl (C=O) groups is 2. The third-order valence-electron chi connectivity index (χ3n) is 1.19. The molecule has 1 N–H and O–H groups in total. The Morgan fingerprint density at radius 2 is 1.77 bits per heavy atom. The topological polar surface area (TPSA) is 54.4 Å². The number of ketones is 1. The summed E-state index contributed by atoms with van der Waals surface area (Å²) in [5.41, 5.74) is 0. The zero-order chi connectivity index (χ0) is 10.9. The van der Waals surface area contributed by atoms with Crippen molar-refractivity contribution in [2.45, 2.75) is 34.1 Å². The molecule has 0 saturated heterocycles. The van der Waals surface area contributed by atoms with E-state index >= 15 is 0 Å². The number of aliphatic carboxylic acids is 1. The second-order valence-electron chi connectivity index (χ2n) is 2.81. The van der Waals surface area contributed by atoms with Crippen LogP contribution in [0.2, 0.25) is 0 Å². The highest BCUT2D eigenvalue weighted by Crippen LogP contribution is 1.87. The molecule has 0 aliphatic rings. The summed E-state index contributed by atoms with van der Waals surface area (Å²) in [6.45, 7) is 6.97. The van der Waals surface area contributed by atoms with Crippen LogP contribution < -0.4 is 0 Å². The average Bonchev–Trinajstić information content (AvgIpc) is 2.05. The molecule has 0 fully saturated rings. The van der Waals surface area contributed by atoms with Gasteiger partial charge in [0.2, 0.25) is 0 Å². The number of rotatable bonds is 3. The molecule has 0 saturated carbocycles. The van der Waals surface area contributed by atoms with Gasteiger partial charge in [-0.05, 0) is 13.0 Å². The first-order chi connectivity index (χ1) is 5.95. The van der Waals surface area contributed by atoms with Crippen LogP contribution in [0.3, 0.4) is 0 Å². The van der Waals surface area contributed by atoms with Gasteiger partial charge in [-0.1, -0.05) is 26.8 Å². The third kappa shape index (κ3) is 13.8. The SMILES string of the molecule is CC(C)C(=O)O.CC=CC(=O)CC. The van der Waals surface area contributed by atoms with Gasteiger partial charge in [0.1, 0.15) is 0 Å². The molecule has 0 radical (unpaired) electrons. The zero-order valence-electron chi connectivity index (χ0n) is 8.70. The summed E-state index contributed by atoms with van der Waals surface area (Å²) < 4.78 is 0. The predicted molar refractivity (Wildman–Crippen MR) is 52.6 cm³/mol. The van der Waals surface area contributed by atoms with E-state index in [1.54, 1.807) is 26.0 Å². The van der Waals surface area contributed by atoms with Gasteiger partial charge in [-0.2, -0.15) is 0 Å². The lowest BCUT2D eigenvalue weighted by Gasteiger charge is -1.89. The summed E-state index contributed by atoms with van der Waals surface area (Å²) in [6, 6.07) is 0. The molecule has 0 aromatic rings. The number of carboxylic acids is 1. The summed E-state index contributed by atoms with van der Waals surface area (Å²) in [5, 5.41) is 7.99. The molecule has 0 unspecified atom stereocenters. The molecule has 0 atom stereocenters. The smallest absolute Gasteiger partial charge is 0.305 e. The maximum Gasteiger partial charge on any atom is 0.305 e. The first-order valence-corrected chi connectivity index (χ1v) is 4.34. The van der Waals surface area contributed by atoms with E-state index in [9.17, 15) is 9.59 Å². The van der Waals surface area contributed by atoms with E-state index in [0.29, 0.717) is 6.42 Å². The minimum absolute atomic E-state index is 0.197. The molecule has 76 valence electrons. The number of hydrogen-bond donors (Lipinski definition) is 1. The van der Waals surface area contributed by atoms with E-state index in [0.717, 1.165) is 0 Å². The van der Waals surface area contributed by atoms with Crippen LogP contribution in [0.15, 0.2) is 12.2 Å². The molecule has 3 heteroatoms. The van der Waals surface area contributed by atoms with Crippen LogP contribution in [0.25, 0.3) is 0 Å². The van der Waals surface area contributed by atoms with Crippen LogP contribution in [0.1, 0.15) is 34.1 Å². The zero-order valence-corrected chi connectivity index (χ0v) is 8.70. The summed E-state index contributed by atoms with van der Waals surface area (Å²) in [7, 11) is 0. The molecule has 0 aromatic heterocycles. The first kappa shape index (κ1) is 14.4. The van der Waals surface area contributed by atoms with E-state index in [1.165, 1.54) is 0 Å². The van der Waals surface area contributed by atoms with Gasteiger partial charge in [0.05, 0.1) is 5.92 Å². The monoisotopic (exact) mass is 186 g/mol. The van der Waals surface area contributed by atoms with Crippen LogP contribution >= 0.6 is 0 Å². The van der Waals surface area contributed by atoms with Crippen molar-refractivity contribution in [1.82, 2.24) is 0 Å². The highest BCUT2D eigenvalue weighted by atomic mass is 16.4. The Kier molecular flexibility index (Phi) is 9.94. The largest absolute Gasteiger partial charge is 0.481 e. The molecule has 0 bridgehead atoms. The van der Waals surface area contributed by atoms with Gasteiger partial charge in [-0.15, -0.1) is 0 Å². The predicted octanol–water partition coefficient (Wildman–Crippen LogP) is 2.27. The van der Waals surface area contributed by atoms with E-state index in [-0.39, 0.29) is 11.7 Å². The summed E-state index contributed by atoms with van der Waals surface area (Å²) in [4.78, 5) is 20.0. The molecule has 0 aromatic carbocycles. The lowest BCUT2D eigenvalue weighted by Crippen LogP contribution is -2.03. The van der Waals surface area contributed by atoms with Gasteiger partial charge in [-0.25, -0.2) is 0 Å². The number of carbonyl (C=O) groups excluding carboxylic acids is 1. The standard InChI is InChI=1S/C6H10O.C4H8O2/c1-3-5-6(7)4-2;1-3(2)4(5)6/h3,5H,4H2,1-2H3;3H,1-2H3,(H,5,6). The highest BCUT2D eigenvalue weighted by molar-refractivity contribution is 5.89. The third-order valence-corrected chi connectivity index (χ3v) is 1.19. The lowest BCUT2D eigenvalue weighted by molar-refractivity contribution is -0.140. The van der Waals surface area contributed by atoms with Crippen LogP contribution in [-0.4, -0.2) is 16.9 Å². The molecule has 0 spiro atoms. The molecular weight excluding hydrogens is 168 g/mol. The van der Waals surface area contributed by atoms with Gasteiger partial charge in [-0.3, -0.25) is 9.59 Å². The van der Waals surface area contributed by atoms with Crippen molar-refractivity contribution in [2.75, 3.05) is 0 Å². The second kappa shape index (κ2) is 8.97. The molecule has 13 heavy (non-hydrogen) atoms. The van der Waals surface area contributed by atoms with E-state index in [1.807, 2.05) is 13.8 Å². The normalized spacial score (nSPS) is 9.62. The maximum atomic E-state index is 10.3. The fourth-order valence-corrected chi connectivity index (χ4v) is 0.304. The number of allylic oxidation sites excluding steroid dienone is 2. The second-order valence-corrected chi connectivity index (χ2v) is 2.81. The lowest BCUT2D eigenvalue weighted by atomic mass is 10.2. The Labute approximate surface area is 79.5 Å². The van der Waals surface area contributed by atoms with Crippen molar-refractivity contribution >= 4 is 11.8 Å². The van der Waals surface area contributed by atoms with E-state index < -0.39 is 5.97 Å². The molecule has 3 nitrogen and oxygen atoms in total. The highest BCUT2D eigenvalue weighted by Gasteiger charge is 1.99.